The number of benzene rings is 2. The molecule has 1 aliphatic carbocycles. The van der Waals surface area contributed by atoms with Gasteiger partial charge in [-0.15, -0.1) is 0 Å². The van der Waals surface area contributed by atoms with Crippen molar-refractivity contribution in [2.24, 2.45) is 10.7 Å². The van der Waals surface area contributed by atoms with Crippen LogP contribution in [0.3, 0.4) is 0 Å². The van der Waals surface area contributed by atoms with Gasteiger partial charge < -0.3 is 20.7 Å². The summed E-state index contributed by atoms with van der Waals surface area (Å²) in [7, 11) is 1.52. The molecular weight excluding hydrogens is 402 g/mol. The summed E-state index contributed by atoms with van der Waals surface area (Å²) in [5.41, 5.74) is 10.8. The topological polar surface area (TPSA) is 104 Å². The van der Waals surface area contributed by atoms with Crippen molar-refractivity contribution in [2.75, 3.05) is 31.6 Å². The van der Waals surface area contributed by atoms with E-state index in [-0.39, 0.29) is 11.6 Å². The van der Waals surface area contributed by atoms with Gasteiger partial charge >= 0.3 is 0 Å². The van der Waals surface area contributed by atoms with E-state index in [9.17, 15) is 4.79 Å². The molecule has 0 unspecified atom stereocenters. The van der Waals surface area contributed by atoms with Gasteiger partial charge in [0.05, 0.1) is 29.9 Å². The van der Waals surface area contributed by atoms with Gasteiger partial charge in [-0.2, -0.15) is 0 Å². The summed E-state index contributed by atoms with van der Waals surface area (Å²) >= 11 is 0. The highest BCUT2D eigenvalue weighted by Crippen LogP contribution is 2.26. The highest BCUT2D eigenvalue weighted by atomic mass is 16.5. The number of allylic oxidation sites excluding steroid dienone is 2. The van der Waals surface area contributed by atoms with Crippen molar-refractivity contribution in [3.8, 4) is 0 Å². The van der Waals surface area contributed by atoms with Gasteiger partial charge in [0.2, 0.25) is 0 Å². The molecular formula is C25H29N5O2. The number of carbonyl (C=O) groups is 1. The zero-order valence-corrected chi connectivity index (χ0v) is 18.7. The van der Waals surface area contributed by atoms with E-state index in [4.69, 9.17) is 15.9 Å². The molecule has 0 atom stereocenters. The highest BCUT2D eigenvalue weighted by molar-refractivity contribution is 6.22. The third kappa shape index (κ3) is 5.43. The number of likely N-dealkylation sites (N-methyl/N-ethyl adjacent to an activating group) is 1. The number of carbonyl (C=O) groups excluding carboxylic acids is 1. The van der Waals surface area contributed by atoms with Crippen LogP contribution in [-0.4, -0.2) is 44.1 Å². The summed E-state index contributed by atoms with van der Waals surface area (Å²) in [5.74, 6) is 0.362. The maximum absolute atomic E-state index is 12.2. The van der Waals surface area contributed by atoms with Crippen molar-refractivity contribution < 1.29 is 9.53 Å². The molecule has 7 nitrogen and oxygen atoms in total. The van der Waals surface area contributed by atoms with Crippen LogP contribution in [-0.2, 0) is 4.74 Å². The summed E-state index contributed by atoms with van der Waals surface area (Å²) in [4.78, 5) is 19.1. The van der Waals surface area contributed by atoms with E-state index >= 15 is 0 Å². The van der Waals surface area contributed by atoms with Crippen LogP contribution in [0.15, 0.2) is 77.1 Å². The molecule has 2 aromatic carbocycles. The predicted molar refractivity (Wildman–Crippen MR) is 130 cm³/mol. The van der Waals surface area contributed by atoms with Gasteiger partial charge in [0.15, 0.2) is 0 Å². The summed E-state index contributed by atoms with van der Waals surface area (Å²) in [6.45, 7) is 6.14. The van der Waals surface area contributed by atoms with Crippen molar-refractivity contribution in [1.82, 2.24) is 5.32 Å². The zero-order valence-electron chi connectivity index (χ0n) is 18.7. The average Bonchev–Trinajstić information content (AvgIpc) is 2.80. The lowest BCUT2D eigenvalue weighted by Crippen LogP contribution is -2.35. The van der Waals surface area contributed by atoms with Crippen LogP contribution >= 0.6 is 0 Å². The Kier molecular flexibility index (Phi) is 7.44. The molecule has 0 fully saturated rings. The summed E-state index contributed by atoms with van der Waals surface area (Å²) < 4.78 is 5.22. The number of aryl methyl sites for hydroxylation is 1. The molecule has 0 saturated heterocycles. The van der Waals surface area contributed by atoms with Crippen molar-refractivity contribution in [1.29, 1.82) is 5.41 Å². The van der Waals surface area contributed by atoms with Gasteiger partial charge in [-0.1, -0.05) is 18.2 Å². The van der Waals surface area contributed by atoms with Crippen molar-refractivity contribution in [3.63, 3.8) is 0 Å². The molecule has 0 saturated carbocycles. The Bertz CT molecular complexity index is 1090. The maximum atomic E-state index is 12.2. The van der Waals surface area contributed by atoms with Crippen LogP contribution in [0, 0.1) is 12.3 Å². The number of nitrogens with two attached hydrogens (primary N) is 1. The second-order valence-electron chi connectivity index (χ2n) is 7.40. The van der Waals surface area contributed by atoms with E-state index in [1.165, 1.54) is 7.11 Å². The standard InChI is InChI=1S/C25H29N5O2/c1-4-30(13-12-28-25(31)18-8-6-5-7-9-18)19-10-11-22(17(2)14-19)29-23-16-24(32-3)21(27)15-20(23)26/h5-11,14-16,27H,4,12-13,26H2,1-3H3,(H,28,31). The van der Waals surface area contributed by atoms with Crippen LogP contribution < -0.4 is 16.0 Å². The maximum Gasteiger partial charge on any atom is 0.251 e. The third-order valence-electron chi connectivity index (χ3n) is 5.22. The summed E-state index contributed by atoms with van der Waals surface area (Å²) in [6.07, 6.45) is 3.22. The van der Waals surface area contributed by atoms with Gasteiger partial charge in [-0.3, -0.25) is 10.2 Å². The van der Waals surface area contributed by atoms with E-state index in [0.717, 1.165) is 23.5 Å². The van der Waals surface area contributed by atoms with Gasteiger partial charge in [0.25, 0.3) is 5.91 Å². The number of hydrogen-bond acceptors (Lipinski definition) is 6. The number of rotatable bonds is 8. The quantitative estimate of drug-likeness (QED) is 0.554. The first-order valence-electron chi connectivity index (χ1n) is 10.5. The molecule has 1 aliphatic rings. The normalized spacial score (nSPS) is 14.6. The molecule has 2 aromatic rings. The van der Waals surface area contributed by atoms with Gasteiger partial charge in [0.1, 0.15) is 5.76 Å². The molecule has 0 bridgehead atoms. The monoisotopic (exact) mass is 431 g/mol. The van der Waals surface area contributed by atoms with Gasteiger partial charge in [-0.05, 0) is 55.8 Å². The second-order valence-corrected chi connectivity index (χ2v) is 7.40. The number of hydrogen-bond donors (Lipinski definition) is 3. The van der Waals surface area contributed by atoms with Crippen LogP contribution in [0.2, 0.25) is 0 Å². The van der Waals surface area contributed by atoms with E-state index < -0.39 is 0 Å². The van der Waals surface area contributed by atoms with Crippen molar-refractivity contribution in [3.05, 3.63) is 83.3 Å². The fourth-order valence-electron chi connectivity index (χ4n) is 3.41. The van der Waals surface area contributed by atoms with Crippen LogP contribution in [0.25, 0.3) is 0 Å². The molecule has 3 rings (SSSR count). The van der Waals surface area contributed by atoms with Gasteiger partial charge in [0, 0.05) is 37.0 Å². The SMILES string of the molecule is CCN(CCNC(=O)c1ccccc1)c1ccc(N=C2C=C(OC)C(=N)C=C2N)c(C)c1. The average molecular weight is 432 g/mol. The van der Waals surface area contributed by atoms with E-state index in [0.29, 0.717) is 35.8 Å². The summed E-state index contributed by atoms with van der Waals surface area (Å²) in [6, 6.07) is 15.3. The van der Waals surface area contributed by atoms with E-state index in [1.807, 2.05) is 37.3 Å². The van der Waals surface area contributed by atoms with Crippen molar-refractivity contribution in [2.45, 2.75) is 13.8 Å². The first kappa shape index (κ1) is 22.8. The minimum absolute atomic E-state index is 0.0707. The smallest absolute Gasteiger partial charge is 0.251 e. The minimum Gasteiger partial charge on any atom is -0.494 e. The van der Waals surface area contributed by atoms with E-state index in [1.54, 1.807) is 24.3 Å². The fourth-order valence-corrected chi connectivity index (χ4v) is 3.41. The fraction of sp³-hybridized carbons (Fsp3) is 0.240. The molecule has 1 amide bonds. The van der Waals surface area contributed by atoms with Crippen molar-refractivity contribution >= 4 is 28.7 Å². The third-order valence-corrected chi connectivity index (χ3v) is 5.22. The van der Waals surface area contributed by atoms with Gasteiger partial charge in [-0.25, -0.2) is 4.99 Å². The van der Waals surface area contributed by atoms with Crippen LogP contribution in [0.5, 0.6) is 0 Å². The number of nitrogens with zero attached hydrogens (tertiary/aromatic N) is 2. The number of aliphatic imine (C=N–C) groups is 1. The molecule has 0 radical (unpaired) electrons. The molecule has 7 heteroatoms. The highest BCUT2D eigenvalue weighted by Gasteiger charge is 2.15. The Balaban J connectivity index is 1.69. The first-order chi connectivity index (χ1) is 15.4. The van der Waals surface area contributed by atoms with Crippen LogP contribution in [0.1, 0.15) is 22.8 Å². The first-order valence-corrected chi connectivity index (χ1v) is 10.5. The minimum atomic E-state index is -0.0707. The zero-order chi connectivity index (χ0) is 23.1. The number of methoxy groups -OCH3 is 1. The lowest BCUT2D eigenvalue weighted by molar-refractivity contribution is 0.0954. The Labute approximate surface area is 188 Å². The molecule has 32 heavy (non-hydrogen) atoms. The molecule has 0 heterocycles. The molecule has 4 N–H and O–H groups in total. The van der Waals surface area contributed by atoms with Crippen LogP contribution in [0.4, 0.5) is 11.4 Å². The molecule has 166 valence electrons. The Morgan fingerprint density at radius 2 is 1.94 bits per heavy atom. The predicted octanol–water partition coefficient (Wildman–Crippen LogP) is 3.73. The second kappa shape index (κ2) is 10.4. The number of nitrogens with one attached hydrogen (secondary N) is 2. The molecule has 0 aliphatic heterocycles. The Morgan fingerprint density at radius 3 is 2.59 bits per heavy atom. The Hall–Kier alpha value is -3.87. The lowest BCUT2D eigenvalue weighted by atomic mass is 10.1. The largest absolute Gasteiger partial charge is 0.494 e. The lowest BCUT2D eigenvalue weighted by Gasteiger charge is -2.24. The number of amides is 1. The number of ether oxygens (including phenoxy) is 1. The summed E-state index contributed by atoms with van der Waals surface area (Å²) in [5, 5.41) is 10.9. The number of anilines is 1. The molecule has 0 aromatic heterocycles. The molecule has 0 spiro atoms. The Morgan fingerprint density at radius 1 is 1.19 bits per heavy atom. The van der Waals surface area contributed by atoms with E-state index in [2.05, 4.69) is 28.2 Å².